The summed E-state index contributed by atoms with van der Waals surface area (Å²) in [5.74, 6) is 0.989. The molecule has 6 heteroatoms. The second kappa shape index (κ2) is 9.05. The fourth-order valence-electron chi connectivity index (χ4n) is 2.43. The standard InChI is InChI=1S/C17H23FN2O2S/c1-14(13-15-5-2-3-6-16(15)18)17(21)19-7-4-8-20-9-11-23(22)12-10-20/h2-3,5-6,13H,4,7-12H2,1H3,(H,19,21)/b14-13+. The first kappa shape index (κ1) is 18.0. The van der Waals surface area contributed by atoms with E-state index in [0.29, 0.717) is 17.7 Å². The maximum atomic E-state index is 13.5. The van der Waals surface area contributed by atoms with Crippen LogP contribution in [0.15, 0.2) is 29.8 Å². The maximum Gasteiger partial charge on any atom is 0.246 e. The summed E-state index contributed by atoms with van der Waals surface area (Å²) in [6.07, 6.45) is 2.41. The Labute approximate surface area is 139 Å². The van der Waals surface area contributed by atoms with Crippen molar-refractivity contribution in [3.8, 4) is 0 Å². The van der Waals surface area contributed by atoms with Gasteiger partial charge in [0.2, 0.25) is 5.91 Å². The molecule has 0 aliphatic carbocycles. The van der Waals surface area contributed by atoms with Crippen LogP contribution in [0.5, 0.6) is 0 Å². The van der Waals surface area contributed by atoms with Gasteiger partial charge in [0.15, 0.2) is 0 Å². The number of carbonyl (C=O) groups is 1. The van der Waals surface area contributed by atoms with E-state index < -0.39 is 11.2 Å². The molecule has 1 saturated heterocycles. The van der Waals surface area contributed by atoms with Crippen molar-refractivity contribution >= 4 is 23.2 Å². The van der Waals surface area contributed by atoms with Crippen LogP contribution in [0.1, 0.15) is 18.9 Å². The lowest BCUT2D eigenvalue weighted by Gasteiger charge is -2.27. The lowest BCUT2D eigenvalue weighted by molar-refractivity contribution is -0.117. The second-order valence-corrected chi connectivity index (χ2v) is 7.34. The highest BCUT2D eigenvalue weighted by Gasteiger charge is 2.18. The van der Waals surface area contributed by atoms with Gasteiger partial charge in [-0.1, -0.05) is 29.4 Å². The van der Waals surface area contributed by atoms with Crippen LogP contribution in [0.25, 0.3) is 6.08 Å². The summed E-state index contributed by atoms with van der Waals surface area (Å²) in [5.41, 5.74) is 0.907. The molecule has 0 radical (unpaired) electrons. The van der Waals surface area contributed by atoms with E-state index >= 15 is 0 Å². The summed E-state index contributed by atoms with van der Waals surface area (Å²) in [7, 11) is 0. The number of benzene rings is 1. The van der Waals surface area contributed by atoms with E-state index in [2.05, 4.69) is 10.2 Å². The highest BCUT2D eigenvalue weighted by atomic mass is 32.2. The van der Waals surface area contributed by atoms with Crippen LogP contribution in [-0.4, -0.2) is 53.0 Å². The zero-order chi connectivity index (χ0) is 16.7. The smallest absolute Gasteiger partial charge is 0.246 e. The maximum absolute atomic E-state index is 13.5. The first-order valence-corrected chi connectivity index (χ1v) is 9.33. The number of amides is 1. The molecule has 1 amide bonds. The number of hydrogen-bond acceptors (Lipinski definition) is 3. The molecule has 2 rings (SSSR count). The Balaban J connectivity index is 1.71. The van der Waals surface area contributed by atoms with Gasteiger partial charge in [-0.25, -0.2) is 4.39 Å². The van der Waals surface area contributed by atoms with E-state index in [1.807, 2.05) is 0 Å². The van der Waals surface area contributed by atoms with E-state index in [9.17, 15) is 13.7 Å². The molecule has 126 valence electrons. The van der Waals surface area contributed by atoms with Gasteiger partial charge in [0.1, 0.15) is 17.3 Å². The first-order valence-electron chi connectivity index (χ1n) is 7.84. The Morgan fingerprint density at radius 3 is 2.78 bits per heavy atom. The van der Waals surface area contributed by atoms with Gasteiger partial charge in [0.25, 0.3) is 0 Å². The van der Waals surface area contributed by atoms with Crippen molar-refractivity contribution in [1.82, 2.24) is 10.2 Å². The third kappa shape index (κ3) is 5.97. The highest BCUT2D eigenvalue weighted by molar-refractivity contribution is 7.91. The average Bonchev–Trinajstić information content (AvgIpc) is 2.55. The van der Waals surface area contributed by atoms with E-state index in [1.165, 1.54) is 6.07 Å². The minimum Gasteiger partial charge on any atom is -0.616 e. The van der Waals surface area contributed by atoms with Crippen molar-refractivity contribution < 1.29 is 13.7 Å². The molecule has 0 saturated carbocycles. The van der Waals surface area contributed by atoms with Crippen LogP contribution in [0.3, 0.4) is 0 Å². The van der Waals surface area contributed by atoms with Gasteiger partial charge in [-0.05, 0) is 25.5 Å². The molecular weight excluding hydrogens is 315 g/mol. The Hall–Kier alpha value is -1.37. The minimum absolute atomic E-state index is 0.173. The molecule has 1 aromatic carbocycles. The van der Waals surface area contributed by atoms with Crippen LogP contribution in [-0.2, 0) is 16.0 Å². The van der Waals surface area contributed by atoms with Gasteiger partial charge in [-0.2, -0.15) is 0 Å². The largest absolute Gasteiger partial charge is 0.616 e. The van der Waals surface area contributed by atoms with Gasteiger partial charge < -0.3 is 9.87 Å². The molecule has 1 fully saturated rings. The van der Waals surface area contributed by atoms with E-state index in [1.54, 1.807) is 31.2 Å². The van der Waals surface area contributed by atoms with Gasteiger partial charge in [-0.3, -0.25) is 9.69 Å². The molecule has 1 heterocycles. The van der Waals surface area contributed by atoms with Crippen LogP contribution >= 0.6 is 0 Å². The Morgan fingerprint density at radius 1 is 1.39 bits per heavy atom. The first-order chi connectivity index (χ1) is 11.1. The third-order valence-corrected chi connectivity index (χ3v) is 5.12. The zero-order valence-electron chi connectivity index (χ0n) is 13.4. The summed E-state index contributed by atoms with van der Waals surface area (Å²) in [4.78, 5) is 14.3. The van der Waals surface area contributed by atoms with Gasteiger partial charge in [0.05, 0.1) is 0 Å². The zero-order valence-corrected chi connectivity index (χ0v) is 14.2. The molecule has 0 spiro atoms. The van der Waals surface area contributed by atoms with Crippen LogP contribution in [0.4, 0.5) is 4.39 Å². The normalized spacial score (nSPS) is 17.3. The topological polar surface area (TPSA) is 55.4 Å². The molecule has 23 heavy (non-hydrogen) atoms. The van der Waals surface area contributed by atoms with E-state index in [4.69, 9.17) is 0 Å². The van der Waals surface area contributed by atoms with Crippen molar-refractivity contribution in [3.05, 3.63) is 41.2 Å². The monoisotopic (exact) mass is 338 g/mol. The lowest BCUT2D eigenvalue weighted by Crippen LogP contribution is -2.41. The van der Waals surface area contributed by atoms with E-state index in [-0.39, 0.29) is 11.7 Å². The third-order valence-electron chi connectivity index (χ3n) is 3.84. The molecule has 4 nitrogen and oxygen atoms in total. The van der Waals surface area contributed by atoms with Crippen molar-refractivity contribution in [3.63, 3.8) is 0 Å². The molecule has 0 atom stereocenters. The Kier molecular flexibility index (Phi) is 7.08. The summed E-state index contributed by atoms with van der Waals surface area (Å²) >= 11 is -0.653. The minimum atomic E-state index is -0.653. The summed E-state index contributed by atoms with van der Waals surface area (Å²) in [5, 5.41) is 2.85. The molecule has 1 aliphatic heterocycles. The van der Waals surface area contributed by atoms with Crippen molar-refractivity contribution in [2.24, 2.45) is 0 Å². The Bertz CT molecular complexity index is 557. The molecule has 1 N–H and O–H groups in total. The van der Waals surface area contributed by atoms with Crippen LogP contribution in [0, 0.1) is 5.82 Å². The number of nitrogens with one attached hydrogen (secondary N) is 1. The van der Waals surface area contributed by atoms with Crippen LogP contribution < -0.4 is 5.32 Å². The van der Waals surface area contributed by atoms with Gasteiger partial charge in [0, 0.05) is 37.3 Å². The fourth-order valence-corrected chi connectivity index (χ4v) is 3.56. The SMILES string of the molecule is C/C(=C\c1ccccc1F)C(=O)NCCCN1CC[S+]([O-])CC1. The molecule has 1 aliphatic rings. The molecule has 1 aromatic rings. The van der Waals surface area contributed by atoms with Gasteiger partial charge in [-0.15, -0.1) is 0 Å². The number of carbonyl (C=O) groups excluding carboxylic acids is 1. The lowest BCUT2D eigenvalue weighted by atomic mass is 10.1. The van der Waals surface area contributed by atoms with E-state index in [0.717, 1.165) is 37.6 Å². The van der Waals surface area contributed by atoms with Crippen molar-refractivity contribution in [2.45, 2.75) is 13.3 Å². The second-order valence-electron chi connectivity index (χ2n) is 5.65. The fraction of sp³-hybridized carbons (Fsp3) is 0.471. The quantitative estimate of drug-likeness (QED) is 0.489. The number of nitrogens with zero attached hydrogens (tertiary/aromatic N) is 1. The summed E-state index contributed by atoms with van der Waals surface area (Å²) in [6.45, 7) is 4.90. The van der Waals surface area contributed by atoms with Crippen molar-refractivity contribution in [2.75, 3.05) is 37.7 Å². The predicted octanol–water partition coefficient (Wildman–Crippen LogP) is 1.80. The van der Waals surface area contributed by atoms with Gasteiger partial charge >= 0.3 is 0 Å². The van der Waals surface area contributed by atoms with Crippen LogP contribution in [0.2, 0.25) is 0 Å². The number of hydrogen-bond donors (Lipinski definition) is 1. The Morgan fingerprint density at radius 2 is 2.09 bits per heavy atom. The predicted molar refractivity (Wildman–Crippen MR) is 92.0 cm³/mol. The summed E-state index contributed by atoms with van der Waals surface area (Å²) < 4.78 is 24.8. The molecular formula is C17H23FN2O2S. The number of halogens is 1. The molecule has 0 aromatic heterocycles. The molecule has 0 unspecified atom stereocenters. The van der Waals surface area contributed by atoms with Crippen molar-refractivity contribution in [1.29, 1.82) is 0 Å². The highest BCUT2D eigenvalue weighted by Crippen LogP contribution is 2.11. The summed E-state index contributed by atoms with van der Waals surface area (Å²) in [6, 6.07) is 6.39. The number of rotatable bonds is 6. The molecule has 0 bridgehead atoms. The average molecular weight is 338 g/mol.